The molecule has 1 amide bonds. The van der Waals surface area contributed by atoms with Crippen LogP contribution in [0.3, 0.4) is 0 Å². The van der Waals surface area contributed by atoms with E-state index < -0.39 is 0 Å². The molecule has 1 atom stereocenters. The minimum absolute atomic E-state index is 0.280. The predicted octanol–water partition coefficient (Wildman–Crippen LogP) is 2.41. The van der Waals surface area contributed by atoms with Gasteiger partial charge < -0.3 is 14.2 Å². The van der Waals surface area contributed by atoms with E-state index in [0.717, 1.165) is 45.7 Å². The Labute approximate surface area is 161 Å². The minimum atomic E-state index is 0.280. The molecule has 0 N–H and O–H groups in total. The second kappa shape index (κ2) is 8.72. The molecule has 5 heteroatoms. The number of hydrogen-bond acceptors (Lipinski definition) is 3. The van der Waals surface area contributed by atoms with Gasteiger partial charge in [0.1, 0.15) is 0 Å². The Bertz CT molecular complexity index is 737. The van der Waals surface area contributed by atoms with E-state index in [9.17, 15) is 4.79 Å². The van der Waals surface area contributed by atoms with Crippen molar-refractivity contribution in [3.05, 3.63) is 59.9 Å². The second-order valence-electron chi connectivity index (χ2n) is 7.69. The van der Waals surface area contributed by atoms with Gasteiger partial charge >= 0.3 is 0 Å². The highest BCUT2D eigenvalue weighted by Gasteiger charge is 2.26. The molecule has 0 bridgehead atoms. The molecule has 144 valence electrons. The molecule has 0 aliphatic carbocycles. The number of carbonyl (C=O) groups is 1. The summed E-state index contributed by atoms with van der Waals surface area (Å²) < 4.78 is 7.71. The van der Waals surface area contributed by atoms with Gasteiger partial charge in [0.25, 0.3) is 0 Å². The van der Waals surface area contributed by atoms with E-state index in [-0.39, 0.29) is 5.91 Å². The van der Waals surface area contributed by atoms with Crippen molar-refractivity contribution in [2.45, 2.75) is 25.9 Å². The average Bonchev–Trinajstić information content (AvgIpc) is 3.07. The van der Waals surface area contributed by atoms with Crippen LogP contribution in [0, 0.1) is 5.92 Å². The van der Waals surface area contributed by atoms with E-state index in [4.69, 9.17) is 4.74 Å². The van der Waals surface area contributed by atoms with E-state index in [2.05, 4.69) is 58.1 Å². The number of morpholine rings is 1. The number of benzene rings is 1. The number of hydrogen-bond donors (Lipinski definition) is 0. The summed E-state index contributed by atoms with van der Waals surface area (Å²) in [6.07, 6.45) is 3.83. The van der Waals surface area contributed by atoms with Crippen LogP contribution in [0.15, 0.2) is 48.7 Å². The fourth-order valence-electron chi connectivity index (χ4n) is 4.19. The number of fused-ring (bicyclic) bond motifs is 1. The molecule has 1 saturated heterocycles. The van der Waals surface area contributed by atoms with Crippen LogP contribution in [0.4, 0.5) is 0 Å². The smallest absolute Gasteiger partial charge is 0.223 e. The van der Waals surface area contributed by atoms with Crippen molar-refractivity contribution >= 4 is 5.91 Å². The normalized spacial score (nSPS) is 20.9. The zero-order valence-electron chi connectivity index (χ0n) is 15.9. The Kier molecular flexibility index (Phi) is 5.90. The highest BCUT2D eigenvalue weighted by atomic mass is 16.5. The van der Waals surface area contributed by atoms with Gasteiger partial charge in [-0.15, -0.1) is 0 Å². The number of rotatable bonds is 5. The van der Waals surface area contributed by atoms with E-state index in [1.54, 1.807) is 0 Å². The summed E-state index contributed by atoms with van der Waals surface area (Å²) in [7, 11) is 0. The molecule has 0 unspecified atom stereocenters. The monoisotopic (exact) mass is 367 g/mol. The average molecular weight is 367 g/mol. The summed E-state index contributed by atoms with van der Waals surface area (Å²) in [5.74, 6) is 0.631. The molecular weight excluding hydrogens is 338 g/mol. The number of carbonyl (C=O) groups excluding carboxylic acids is 1. The van der Waals surface area contributed by atoms with E-state index in [0.29, 0.717) is 25.6 Å². The third kappa shape index (κ3) is 4.79. The summed E-state index contributed by atoms with van der Waals surface area (Å²) in [6.45, 7) is 6.70. The standard InChI is InChI=1S/C22H29N3O2/c26-22(24-11-13-27-14-12-24)15-20-16-23(10-8-19-5-2-1-3-6-19)18-21-7-4-9-25(21)17-20/h1-7,9,20H,8,10-18H2/t20-/m1/s1. The number of ether oxygens (including phenoxy) is 1. The predicted molar refractivity (Wildman–Crippen MR) is 105 cm³/mol. The van der Waals surface area contributed by atoms with Crippen molar-refractivity contribution in [1.29, 1.82) is 0 Å². The van der Waals surface area contributed by atoms with E-state index >= 15 is 0 Å². The summed E-state index contributed by atoms with van der Waals surface area (Å²) in [4.78, 5) is 17.2. The summed E-state index contributed by atoms with van der Waals surface area (Å²) >= 11 is 0. The zero-order valence-corrected chi connectivity index (χ0v) is 15.9. The minimum Gasteiger partial charge on any atom is -0.378 e. The quantitative estimate of drug-likeness (QED) is 0.815. The first-order chi connectivity index (χ1) is 13.3. The maximum absolute atomic E-state index is 12.8. The van der Waals surface area contributed by atoms with Crippen LogP contribution in [-0.2, 0) is 29.0 Å². The van der Waals surface area contributed by atoms with Gasteiger partial charge in [-0.2, -0.15) is 0 Å². The lowest BCUT2D eigenvalue weighted by Gasteiger charge is -2.29. The number of nitrogens with zero attached hydrogens (tertiary/aromatic N) is 3. The van der Waals surface area contributed by atoms with Gasteiger partial charge in [0.05, 0.1) is 13.2 Å². The Morgan fingerprint density at radius 1 is 1.04 bits per heavy atom. The lowest BCUT2D eigenvalue weighted by Crippen LogP contribution is -2.42. The number of aromatic nitrogens is 1. The van der Waals surface area contributed by atoms with Crippen LogP contribution in [0.1, 0.15) is 17.7 Å². The second-order valence-corrected chi connectivity index (χ2v) is 7.69. The van der Waals surface area contributed by atoms with Crippen molar-refractivity contribution in [1.82, 2.24) is 14.4 Å². The van der Waals surface area contributed by atoms with Crippen molar-refractivity contribution in [3.8, 4) is 0 Å². The van der Waals surface area contributed by atoms with Crippen LogP contribution in [0.5, 0.6) is 0 Å². The van der Waals surface area contributed by atoms with Gasteiger partial charge in [-0.1, -0.05) is 30.3 Å². The molecule has 5 nitrogen and oxygen atoms in total. The van der Waals surface area contributed by atoms with Crippen LogP contribution in [-0.4, -0.2) is 59.7 Å². The van der Waals surface area contributed by atoms with E-state index in [1.807, 2.05) is 4.90 Å². The first-order valence-corrected chi connectivity index (χ1v) is 10.0. The molecule has 2 aromatic rings. The third-order valence-corrected chi connectivity index (χ3v) is 5.67. The third-order valence-electron chi connectivity index (χ3n) is 5.67. The van der Waals surface area contributed by atoms with Crippen LogP contribution >= 0.6 is 0 Å². The van der Waals surface area contributed by atoms with Gasteiger partial charge in [-0.05, 0) is 30.0 Å². The molecule has 27 heavy (non-hydrogen) atoms. The first kappa shape index (κ1) is 18.3. The molecule has 1 aromatic carbocycles. The highest BCUT2D eigenvalue weighted by Crippen LogP contribution is 2.21. The Morgan fingerprint density at radius 3 is 2.67 bits per heavy atom. The molecule has 0 radical (unpaired) electrons. The van der Waals surface area contributed by atoms with Crippen molar-refractivity contribution in [2.24, 2.45) is 5.92 Å². The summed E-state index contributed by atoms with van der Waals surface area (Å²) in [5, 5.41) is 0. The molecule has 3 heterocycles. The Morgan fingerprint density at radius 2 is 1.85 bits per heavy atom. The first-order valence-electron chi connectivity index (χ1n) is 10.0. The van der Waals surface area contributed by atoms with Gasteiger partial charge in [0.2, 0.25) is 5.91 Å². The van der Waals surface area contributed by atoms with Crippen molar-refractivity contribution in [3.63, 3.8) is 0 Å². The van der Waals surface area contributed by atoms with Crippen LogP contribution in [0.2, 0.25) is 0 Å². The topological polar surface area (TPSA) is 37.7 Å². The SMILES string of the molecule is O=C(C[C@@H]1CN(CCc2ccccc2)Cc2cccn2C1)N1CCOCC1. The van der Waals surface area contributed by atoms with E-state index in [1.165, 1.54) is 11.3 Å². The van der Waals surface area contributed by atoms with Gasteiger partial charge in [-0.25, -0.2) is 0 Å². The molecule has 0 saturated carbocycles. The molecule has 0 spiro atoms. The van der Waals surface area contributed by atoms with Gasteiger partial charge in [-0.3, -0.25) is 9.69 Å². The lowest BCUT2D eigenvalue weighted by atomic mass is 10.0. The van der Waals surface area contributed by atoms with Crippen LogP contribution < -0.4 is 0 Å². The summed E-state index contributed by atoms with van der Waals surface area (Å²) in [6, 6.07) is 15.0. The zero-order chi connectivity index (χ0) is 18.5. The molecular formula is C22H29N3O2. The van der Waals surface area contributed by atoms with Crippen LogP contribution in [0.25, 0.3) is 0 Å². The number of amides is 1. The summed E-state index contributed by atoms with van der Waals surface area (Å²) in [5.41, 5.74) is 2.72. The van der Waals surface area contributed by atoms with Gasteiger partial charge in [0, 0.05) is 57.6 Å². The highest BCUT2D eigenvalue weighted by molar-refractivity contribution is 5.76. The maximum Gasteiger partial charge on any atom is 0.223 e. The molecule has 2 aliphatic heterocycles. The van der Waals surface area contributed by atoms with Crippen molar-refractivity contribution < 1.29 is 9.53 Å². The Balaban J connectivity index is 1.41. The van der Waals surface area contributed by atoms with Crippen molar-refractivity contribution in [2.75, 3.05) is 39.4 Å². The molecule has 1 aromatic heterocycles. The lowest BCUT2D eigenvalue weighted by molar-refractivity contribution is -0.136. The maximum atomic E-state index is 12.8. The fraction of sp³-hybridized carbons (Fsp3) is 0.500. The molecule has 4 rings (SSSR count). The largest absolute Gasteiger partial charge is 0.378 e. The molecule has 2 aliphatic rings. The Hall–Kier alpha value is -2.11. The fourth-order valence-corrected chi connectivity index (χ4v) is 4.19. The molecule has 1 fully saturated rings. The van der Waals surface area contributed by atoms with Gasteiger partial charge in [0.15, 0.2) is 0 Å².